The number of rotatable bonds is 5. The zero-order valence-electron chi connectivity index (χ0n) is 10.1. The Hall–Kier alpha value is -0.900. The highest BCUT2D eigenvalue weighted by molar-refractivity contribution is 6.05. The van der Waals surface area contributed by atoms with Gasteiger partial charge in [-0.05, 0) is 31.6 Å². The Morgan fingerprint density at radius 2 is 2.06 bits per heavy atom. The van der Waals surface area contributed by atoms with E-state index in [0.717, 1.165) is 13.0 Å². The van der Waals surface area contributed by atoms with E-state index in [2.05, 4.69) is 12.2 Å². The lowest BCUT2D eigenvalue weighted by atomic mass is 10.0. The summed E-state index contributed by atoms with van der Waals surface area (Å²) in [7, 11) is 0. The van der Waals surface area contributed by atoms with Gasteiger partial charge in [0.15, 0.2) is 0 Å². The Bertz CT molecular complexity index is 310. The van der Waals surface area contributed by atoms with Crippen molar-refractivity contribution in [3.8, 4) is 0 Å². The number of hydrogen-bond acceptors (Lipinski definition) is 3. The van der Waals surface area contributed by atoms with Gasteiger partial charge in [-0.2, -0.15) is 0 Å². The molecule has 2 amide bonds. The summed E-state index contributed by atoms with van der Waals surface area (Å²) in [6, 6.07) is -0.267. The summed E-state index contributed by atoms with van der Waals surface area (Å²) in [6.07, 6.45) is 4.00. The van der Waals surface area contributed by atoms with E-state index < -0.39 is 0 Å². The topological polar surface area (TPSA) is 49.4 Å². The highest BCUT2D eigenvalue weighted by Gasteiger charge is 2.43. The van der Waals surface area contributed by atoms with Gasteiger partial charge in [-0.15, -0.1) is 0 Å². The van der Waals surface area contributed by atoms with Crippen molar-refractivity contribution in [1.29, 1.82) is 0 Å². The van der Waals surface area contributed by atoms with E-state index in [-0.39, 0.29) is 17.9 Å². The molecule has 0 radical (unpaired) electrons. The van der Waals surface area contributed by atoms with Gasteiger partial charge >= 0.3 is 0 Å². The molecule has 0 aromatic heterocycles. The molecule has 2 aliphatic rings. The second-order valence-corrected chi connectivity index (χ2v) is 4.97. The van der Waals surface area contributed by atoms with E-state index in [0.29, 0.717) is 18.4 Å². The van der Waals surface area contributed by atoms with E-state index >= 15 is 0 Å². The highest BCUT2D eigenvalue weighted by Crippen LogP contribution is 2.48. The Morgan fingerprint density at radius 1 is 1.38 bits per heavy atom. The molecule has 1 aliphatic carbocycles. The Balaban J connectivity index is 1.87. The molecule has 1 saturated heterocycles. The van der Waals surface area contributed by atoms with Crippen molar-refractivity contribution in [3.63, 3.8) is 0 Å². The molecule has 1 atom stereocenters. The van der Waals surface area contributed by atoms with Crippen LogP contribution in [-0.2, 0) is 9.59 Å². The van der Waals surface area contributed by atoms with Crippen LogP contribution in [0.4, 0.5) is 0 Å². The zero-order valence-corrected chi connectivity index (χ0v) is 10.1. The molecule has 4 nitrogen and oxygen atoms in total. The summed E-state index contributed by atoms with van der Waals surface area (Å²) in [6.45, 7) is 5.40. The smallest absolute Gasteiger partial charge is 0.246 e. The van der Waals surface area contributed by atoms with Gasteiger partial charge in [-0.1, -0.05) is 6.92 Å². The highest BCUT2D eigenvalue weighted by atomic mass is 16.2. The molecule has 2 rings (SSSR count). The first kappa shape index (κ1) is 11.6. The zero-order chi connectivity index (χ0) is 11.8. The molecule has 0 aromatic carbocycles. The third-order valence-corrected chi connectivity index (χ3v) is 3.99. The van der Waals surface area contributed by atoms with Crippen LogP contribution in [0.3, 0.4) is 0 Å². The maximum atomic E-state index is 11.8. The van der Waals surface area contributed by atoms with Crippen molar-refractivity contribution < 1.29 is 9.59 Å². The van der Waals surface area contributed by atoms with Crippen LogP contribution in [0.25, 0.3) is 0 Å². The third kappa shape index (κ3) is 1.98. The molecule has 0 aromatic rings. The van der Waals surface area contributed by atoms with Crippen molar-refractivity contribution in [2.24, 2.45) is 5.41 Å². The molecule has 0 bridgehead atoms. The molecule has 1 unspecified atom stereocenters. The number of nitrogens with one attached hydrogen (secondary N) is 1. The van der Waals surface area contributed by atoms with E-state index in [1.54, 1.807) is 0 Å². The van der Waals surface area contributed by atoms with Crippen molar-refractivity contribution in [3.05, 3.63) is 0 Å². The number of imide groups is 1. The molecule has 16 heavy (non-hydrogen) atoms. The molecule has 1 saturated carbocycles. The van der Waals surface area contributed by atoms with Gasteiger partial charge in [0.1, 0.15) is 0 Å². The van der Waals surface area contributed by atoms with E-state index in [1.807, 2.05) is 6.92 Å². The molecule has 0 spiro atoms. The standard InChI is InChI=1S/C12H20N2O2/c1-3-12(5-6-12)8-13-9-7-10(15)14(4-2)11(9)16/h9,13H,3-8H2,1-2H3. The number of carbonyl (C=O) groups excluding carboxylic acids is 2. The van der Waals surface area contributed by atoms with Crippen molar-refractivity contribution in [2.75, 3.05) is 13.1 Å². The number of hydrogen-bond donors (Lipinski definition) is 1. The molecular formula is C12H20N2O2. The SMILES string of the molecule is CCN1C(=O)CC(NCC2(CC)CC2)C1=O. The number of likely N-dealkylation sites (N-methyl/N-ethyl adjacent to an activating group) is 1. The van der Waals surface area contributed by atoms with Crippen LogP contribution in [-0.4, -0.2) is 35.8 Å². The second-order valence-electron chi connectivity index (χ2n) is 4.97. The predicted octanol–water partition coefficient (Wildman–Crippen LogP) is 0.914. The predicted molar refractivity (Wildman–Crippen MR) is 60.8 cm³/mol. The molecule has 1 N–H and O–H groups in total. The van der Waals surface area contributed by atoms with Crippen LogP contribution in [0.2, 0.25) is 0 Å². The fraction of sp³-hybridized carbons (Fsp3) is 0.833. The fourth-order valence-electron chi connectivity index (χ4n) is 2.35. The molecular weight excluding hydrogens is 204 g/mol. The van der Waals surface area contributed by atoms with E-state index in [9.17, 15) is 9.59 Å². The van der Waals surface area contributed by atoms with Crippen LogP contribution in [0, 0.1) is 5.41 Å². The minimum Gasteiger partial charge on any atom is -0.305 e. The largest absolute Gasteiger partial charge is 0.305 e. The quantitative estimate of drug-likeness (QED) is 0.706. The Morgan fingerprint density at radius 3 is 2.50 bits per heavy atom. The van der Waals surface area contributed by atoms with Crippen LogP contribution in [0.5, 0.6) is 0 Å². The number of amides is 2. The first-order valence-corrected chi connectivity index (χ1v) is 6.19. The van der Waals surface area contributed by atoms with Crippen LogP contribution in [0.15, 0.2) is 0 Å². The minimum atomic E-state index is -0.267. The van der Waals surface area contributed by atoms with Crippen LogP contribution in [0.1, 0.15) is 39.5 Å². The molecule has 1 aliphatic heterocycles. The fourth-order valence-corrected chi connectivity index (χ4v) is 2.35. The van der Waals surface area contributed by atoms with Crippen molar-refractivity contribution in [2.45, 2.75) is 45.6 Å². The third-order valence-electron chi connectivity index (χ3n) is 3.99. The molecule has 1 heterocycles. The van der Waals surface area contributed by atoms with Crippen molar-refractivity contribution in [1.82, 2.24) is 10.2 Å². The lowest BCUT2D eigenvalue weighted by Gasteiger charge is -2.17. The average Bonchev–Trinajstić information content (AvgIpc) is 3.00. The number of carbonyl (C=O) groups is 2. The maximum absolute atomic E-state index is 11.8. The van der Waals surface area contributed by atoms with Gasteiger partial charge < -0.3 is 5.32 Å². The molecule has 2 fully saturated rings. The Kier molecular flexibility index (Phi) is 3.02. The van der Waals surface area contributed by atoms with Crippen LogP contribution >= 0.6 is 0 Å². The molecule has 90 valence electrons. The summed E-state index contributed by atoms with van der Waals surface area (Å²) in [5.74, 6) is -0.0780. The normalized spacial score (nSPS) is 27.6. The summed E-state index contributed by atoms with van der Waals surface area (Å²) >= 11 is 0. The van der Waals surface area contributed by atoms with E-state index in [4.69, 9.17) is 0 Å². The first-order valence-electron chi connectivity index (χ1n) is 6.19. The number of nitrogens with zero attached hydrogens (tertiary/aromatic N) is 1. The van der Waals surface area contributed by atoms with Gasteiger partial charge in [0, 0.05) is 13.1 Å². The maximum Gasteiger partial charge on any atom is 0.246 e. The summed E-state index contributed by atoms with van der Waals surface area (Å²) in [5, 5.41) is 3.27. The summed E-state index contributed by atoms with van der Waals surface area (Å²) in [4.78, 5) is 24.7. The second kappa shape index (κ2) is 4.17. The Labute approximate surface area is 96.4 Å². The van der Waals surface area contributed by atoms with E-state index in [1.165, 1.54) is 17.7 Å². The molecule has 4 heteroatoms. The lowest BCUT2D eigenvalue weighted by molar-refractivity contribution is -0.138. The monoisotopic (exact) mass is 224 g/mol. The van der Waals surface area contributed by atoms with Crippen molar-refractivity contribution >= 4 is 11.8 Å². The van der Waals surface area contributed by atoms with Gasteiger partial charge in [0.2, 0.25) is 11.8 Å². The number of likely N-dealkylation sites (tertiary alicyclic amines) is 1. The average molecular weight is 224 g/mol. The van der Waals surface area contributed by atoms with Gasteiger partial charge in [0.05, 0.1) is 12.5 Å². The van der Waals surface area contributed by atoms with Gasteiger partial charge in [-0.3, -0.25) is 14.5 Å². The van der Waals surface area contributed by atoms with Crippen LogP contribution < -0.4 is 5.32 Å². The first-order chi connectivity index (χ1) is 7.62. The van der Waals surface area contributed by atoms with Gasteiger partial charge in [0.25, 0.3) is 0 Å². The lowest BCUT2D eigenvalue weighted by Crippen LogP contribution is -2.40. The minimum absolute atomic E-state index is 0.0358. The summed E-state index contributed by atoms with van der Waals surface area (Å²) in [5.41, 5.74) is 0.420. The summed E-state index contributed by atoms with van der Waals surface area (Å²) < 4.78 is 0. The van der Waals surface area contributed by atoms with Gasteiger partial charge in [-0.25, -0.2) is 0 Å².